The van der Waals surface area contributed by atoms with Gasteiger partial charge < -0.3 is 4.90 Å². The van der Waals surface area contributed by atoms with Gasteiger partial charge in [-0.2, -0.15) is 0 Å². The maximum Gasteiger partial charge on any atom is 0.226 e. The second-order valence-electron chi connectivity index (χ2n) is 9.29. The summed E-state index contributed by atoms with van der Waals surface area (Å²) < 4.78 is 14.4. The molecular weight excluding hydrogens is 425 g/mol. The average Bonchev–Trinajstić information content (AvgIpc) is 3.43. The molecule has 0 radical (unpaired) electrons. The molecule has 0 bridgehead atoms. The third kappa shape index (κ3) is 5.09. The van der Waals surface area contributed by atoms with Crippen molar-refractivity contribution in [3.05, 3.63) is 50.7 Å². The number of hydrogen-bond acceptors (Lipinski definition) is 5. The molecule has 1 amide bonds. The zero-order valence-corrected chi connectivity index (χ0v) is 20.0. The summed E-state index contributed by atoms with van der Waals surface area (Å²) in [4.78, 5) is 34.6. The van der Waals surface area contributed by atoms with Gasteiger partial charge in [-0.1, -0.05) is 12.8 Å². The molecule has 172 valence electrons. The van der Waals surface area contributed by atoms with Gasteiger partial charge >= 0.3 is 0 Å². The van der Waals surface area contributed by atoms with Crippen LogP contribution in [-0.2, 0) is 17.8 Å². The SMILES string of the molecule is Cc1ncc(C(=O)Cc2cc(F)cc(CN3CCN(C(=O)C4CCCC4)[C@@H](C)C3)c2C)s1. The smallest absolute Gasteiger partial charge is 0.226 e. The Morgan fingerprint density at radius 2 is 1.88 bits per heavy atom. The highest BCUT2D eigenvalue weighted by atomic mass is 32.1. The maximum absolute atomic E-state index is 14.4. The summed E-state index contributed by atoms with van der Waals surface area (Å²) in [5, 5.41) is 0.852. The molecule has 1 saturated heterocycles. The van der Waals surface area contributed by atoms with Gasteiger partial charge in [-0.25, -0.2) is 9.37 Å². The van der Waals surface area contributed by atoms with E-state index in [1.165, 1.54) is 17.4 Å². The van der Waals surface area contributed by atoms with Gasteiger partial charge in [-0.05, 0) is 62.4 Å². The molecule has 2 aromatic rings. The molecule has 1 aliphatic carbocycles. The molecule has 1 saturated carbocycles. The number of rotatable bonds is 6. The van der Waals surface area contributed by atoms with Crippen molar-refractivity contribution in [1.29, 1.82) is 0 Å². The van der Waals surface area contributed by atoms with Gasteiger partial charge in [0.05, 0.1) is 9.88 Å². The molecule has 0 unspecified atom stereocenters. The molecule has 32 heavy (non-hydrogen) atoms. The molecule has 1 atom stereocenters. The van der Waals surface area contributed by atoms with Crippen LogP contribution in [0.5, 0.6) is 0 Å². The Morgan fingerprint density at radius 1 is 1.16 bits per heavy atom. The molecule has 1 aliphatic heterocycles. The second kappa shape index (κ2) is 9.79. The number of aryl methyl sites for hydroxylation is 1. The van der Waals surface area contributed by atoms with E-state index in [0.717, 1.165) is 67.0 Å². The minimum atomic E-state index is -0.308. The van der Waals surface area contributed by atoms with Gasteiger partial charge in [0.25, 0.3) is 0 Å². The molecule has 2 heterocycles. The van der Waals surface area contributed by atoms with Crippen molar-refractivity contribution in [2.75, 3.05) is 19.6 Å². The molecule has 1 aromatic carbocycles. The number of Topliss-reactive ketones (excluding diaryl/α,β-unsaturated/α-hetero) is 1. The van der Waals surface area contributed by atoms with Gasteiger partial charge in [-0.15, -0.1) is 11.3 Å². The van der Waals surface area contributed by atoms with Crippen molar-refractivity contribution in [2.45, 2.75) is 65.5 Å². The summed E-state index contributed by atoms with van der Waals surface area (Å²) in [6.07, 6.45) is 6.16. The Kier molecular flexibility index (Phi) is 7.05. The molecular formula is C25H32FN3O2S. The Morgan fingerprint density at radius 3 is 2.53 bits per heavy atom. The van der Waals surface area contributed by atoms with Crippen LogP contribution in [0.4, 0.5) is 4.39 Å². The lowest BCUT2D eigenvalue weighted by molar-refractivity contribution is -0.140. The highest BCUT2D eigenvalue weighted by Crippen LogP contribution is 2.28. The number of hydrogen-bond donors (Lipinski definition) is 0. The predicted octanol–water partition coefficient (Wildman–Crippen LogP) is 4.55. The second-order valence-corrected chi connectivity index (χ2v) is 10.5. The van der Waals surface area contributed by atoms with E-state index in [1.807, 2.05) is 18.7 Å². The fraction of sp³-hybridized carbons (Fsp3) is 0.560. The molecule has 0 spiro atoms. The highest BCUT2D eigenvalue weighted by Gasteiger charge is 2.33. The van der Waals surface area contributed by atoms with Crippen LogP contribution in [0.15, 0.2) is 18.3 Å². The Labute approximate surface area is 193 Å². The van der Waals surface area contributed by atoms with Crippen LogP contribution in [0.3, 0.4) is 0 Å². The zero-order valence-electron chi connectivity index (χ0n) is 19.2. The fourth-order valence-corrected chi connectivity index (χ4v) is 5.76. The van der Waals surface area contributed by atoms with Crippen LogP contribution in [0.1, 0.15) is 64.0 Å². The quantitative estimate of drug-likeness (QED) is 0.598. The number of nitrogens with zero attached hydrogens (tertiary/aromatic N) is 3. The Bertz CT molecular complexity index is 999. The minimum Gasteiger partial charge on any atom is -0.337 e. The molecule has 2 fully saturated rings. The van der Waals surface area contributed by atoms with Crippen molar-refractivity contribution in [3.63, 3.8) is 0 Å². The van der Waals surface area contributed by atoms with E-state index < -0.39 is 0 Å². The topological polar surface area (TPSA) is 53.5 Å². The number of piperazine rings is 1. The number of benzene rings is 1. The third-order valence-electron chi connectivity index (χ3n) is 6.93. The lowest BCUT2D eigenvalue weighted by Gasteiger charge is -2.41. The van der Waals surface area contributed by atoms with E-state index in [9.17, 15) is 14.0 Å². The van der Waals surface area contributed by atoms with Crippen LogP contribution in [0, 0.1) is 25.6 Å². The van der Waals surface area contributed by atoms with Crippen LogP contribution in [0.2, 0.25) is 0 Å². The van der Waals surface area contributed by atoms with Crippen LogP contribution >= 0.6 is 11.3 Å². The molecule has 1 aromatic heterocycles. The summed E-state index contributed by atoms with van der Waals surface area (Å²) in [6.45, 7) is 8.86. The van der Waals surface area contributed by atoms with Crippen molar-refractivity contribution in [3.8, 4) is 0 Å². The van der Waals surface area contributed by atoms with Crippen molar-refractivity contribution in [1.82, 2.24) is 14.8 Å². The number of carbonyl (C=O) groups is 2. The van der Waals surface area contributed by atoms with Crippen molar-refractivity contribution < 1.29 is 14.0 Å². The number of amides is 1. The van der Waals surface area contributed by atoms with Crippen LogP contribution < -0.4 is 0 Å². The molecule has 0 N–H and O–H groups in total. The summed E-state index contributed by atoms with van der Waals surface area (Å²) in [5.41, 5.74) is 2.62. The highest BCUT2D eigenvalue weighted by molar-refractivity contribution is 7.13. The predicted molar refractivity (Wildman–Crippen MR) is 124 cm³/mol. The lowest BCUT2D eigenvalue weighted by Crippen LogP contribution is -2.54. The maximum atomic E-state index is 14.4. The summed E-state index contributed by atoms with van der Waals surface area (Å²) in [7, 11) is 0. The fourth-order valence-electron chi connectivity index (χ4n) is 5.05. The average molecular weight is 458 g/mol. The number of carbonyl (C=O) groups excluding carboxylic acids is 2. The van der Waals surface area contributed by atoms with Crippen molar-refractivity contribution >= 4 is 23.0 Å². The zero-order chi connectivity index (χ0) is 22.8. The van der Waals surface area contributed by atoms with E-state index >= 15 is 0 Å². The first kappa shape index (κ1) is 23.1. The van der Waals surface area contributed by atoms with E-state index in [0.29, 0.717) is 17.3 Å². The normalized spacial score (nSPS) is 20.1. The number of halogens is 1. The number of aromatic nitrogens is 1. The van der Waals surface area contributed by atoms with E-state index in [1.54, 1.807) is 12.3 Å². The molecule has 4 rings (SSSR count). The van der Waals surface area contributed by atoms with Gasteiger partial charge in [0, 0.05) is 50.8 Å². The number of thiazole rings is 1. The van der Waals surface area contributed by atoms with Gasteiger partial charge in [0.1, 0.15) is 5.82 Å². The summed E-state index contributed by atoms with van der Waals surface area (Å²) in [6, 6.07) is 3.22. The first-order valence-electron chi connectivity index (χ1n) is 11.6. The molecule has 5 nitrogen and oxygen atoms in total. The van der Waals surface area contributed by atoms with Gasteiger partial charge in [0.15, 0.2) is 5.78 Å². The largest absolute Gasteiger partial charge is 0.337 e. The molecule has 7 heteroatoms. The number of ketones is 1. The third-order valence-corrected chi connectivity index (χ3v) is 7.88. The Hall–Kier alpha value is -2.12. The van der Waals surface area contributed by atoms with E-state index in [4.69, 9.17) is 0 Å². The lowest BCUT2D eigenvalue weighted by atomic mass is 9.97. The standard InChI is InChI=1S/C25H32FN3O2S/c1-16-14-28(8-9-29(16)25(31)19-6-4-5-7-19)15-21-11-22(26)10-20(17(21)2)12-23(30)24-13-27-18(3)32-24/h10-11,13,16,19H,4-9,12,14-15H2,1-3H3/t16-/m0/s1. The van der Waals surface area contributed by atoms with Gasteiger partial charge in [-0.3, -0.25) is 14.5 Å². The monoisotopic (exact) mass is 457 g/mol. The first-order chi connectivity index (χ1) is 15.3. The van der Waals surface area contributed by atoms with Crippen molar-refractivity contribution in [2.24, 2.45) is 5.92 Å². The van der Waals surface area contributed by atoms with E-state index in [2.05, 4.69) is 16.8 Å². The van der Waals surface area contributed by atoms with Crippen LogP contribution in [-0.4, -0.2) is 52.2 Å². The van der Waals surface area contributed by atoms with E-state index in [-0.39, 0.29) is 30.0 Å². The van der Waals surface area contributed by atoms with Gasteiger partial charge in [0.2, 0.25) is 5.91 Å². The summed E-state index contributed by atoms with van der Waals surface area (Å²) >= 11 is 1.37. The summed E-state index contributed by atoms with van der Waals surface area (Å²) in [5.74, 6) is 0.187. The first-order valence-corrected chi connectivity index (χ1v) is 12.4. The Balaban J connectivity index is 1.42. The molecule has 2 aliphatic rings. The minimum absolute atomic E-state index is 0.0251. The van der Waals surface area contributed by atoms with Crippen LogP contribution in [0.25, 0.3) is 0 Å².